The van der Waals surface area contributed by atoms with E-state index in [-0.39, 0.29) is 0 Å². The first-order valence-corrected chi connectivity index (χ1v) is 6.39. The Hall–Kier alpha value is -0.590. The second kappa shape index (κ2) is 5.37. The SMILES string of the molecule is C[C@H]1O[C@@H](Sc2ccccc2)[C@H](O)[C@@H](O)[C@H]1O. The lowest BCUT2D eigenvalue weighted by atomic mass is 10.0. The Morgan fingerprint density at radius 2 is 1.65 bits per heavy atom. The first-order valence-electron chi connectivity index (χ1n) is 5.51. The van der Waals surface area contributed by atoms with E-state index in [1.165, 1.54) is 11.8 Å². The molecule has 1 heterocycles. The van der Waals surface area contributed by atoms with Crippen molar-refractivity contribution < 1.29 is 20.1 Å². The van der Waals surface area contributed by atoms with E-state index >= 15 is 0 Å². The predicted molar refractivity (Wildman–Crippen MR) is 64.7 cm³/mol. The first-order chi connectivity index (χ1) is 8.09. The van der Waals surface area contributed by atoms with E-state index < -0.39 is 29.9 Å². The van der Waals surface area contributed by atoms with E-state index in [1.807, 2.05) is 30.3 Å². The zero-order valence-corrected chi connectivity index (χ0v) is 10.2. The van der Waals surface area contributed by atoms with Crippen LogP contribution in [0, 0.1) is 0 Å². The molecule has 1 aliphatic heterocycles. The van der Waals surface area contributed by atoms with Gasteiger partial charge in [-0.2, -0.15) is 0 Å². The van der Waals surface area contributed by atoms with Crippen LogP contribution in [0.5, 0.6) is 0 Å². The summed E-state index contributed by atoms with van der Waals surface area (Å²) in [6.07, 6.45) is -3.79. The van der Waals surface area contributed by atoms with Gasteiger partial charge in [0.1, 0.15) is 23.7 Å². The first kappa shape index (κ1) is 12.9. The van der Waals surface area contributed by atoms with Crippen molar-refractivity contribution in [2.75, 3.05) is 0 Å². The Labute approximate surface area is 104 Å². The zero-order valence-electron chi connectivity index (χ0n) is 9.43. The van der Waals surface area contributed by atoms with Gasteiger partial charge < -0.3 is 20.1 Å². The molecule has 17 heavy (non-hydrogen) atoms. The Morgan fingerprint density at radius 3 is 2.29 bits per heavy atom. The van der Waals surface area contributed by atoms with Gasteiger partial charge in [-0.3, -0.25) is 0 Å². The predicted octanol–water partition coefficient (Wildman–Crippen LogP) is 0.606. The standard InChI is InChI=1S/C12H16O4S/c1-7-9(13)10(14)11(15)12(16-7)17-8-5-3-2-4-6-8/h2-7,9-15H,1H3/t7-,9+,10+,11-,12+/m1/s1. The van der Waals surface area contributed by atoms with Crippen LogP contribution in [0.3, 0.4) is 0 Å². The Balaban J connectivity index is 2.06. The monoisotopic (exact) mass is 256 g/mol. The fourth-order valence-corrected chi connectivity index (χ4v) is 2.86. The van der Waals surface area contributed by atoms with E-state index in [1.54, 1.807) is 6.92 Å². The molecule has 3 N–H and O–H groups in total. The summed E-state index contributed by atoms with van der Waals surface area (Å²) < 4.78 is 5.49. The van der Waals surface area contributed by atoms with Crippen molar-refractivity contribution in [3.8, 4) is 0 Å². The van der Waals surface area contributed by atoms with Crippen LogP contribution >= 0.6 is 11.8 Å². The molecule has 0 radical (unpaired) electrons. The molecule has 1 fully saturated rings. The van der Waals surface area contributed by atoms with Crippen molar-refractivity contribution in [1.29, 1.82) is 0 Å². The molecule has 0 bridgehead atoms. The lowest BCUT2D eigenvalue weighted by Crippen LogP contribution is -2.55. The minimum Gasteiger partial charge on any atom is -0.388 e. The third kappa shape index (κ3) is 2.81. The molecule has 1 aliphatic rings. The van der Waals surface area contributed by atoms with Gasteiger partial charge in [0.05, 0.1) is 6.10 Å². The molecule has 4 nitrogen and oxygen atoms in total. The van der Waals surface area contributed by atoms with E-state index in [0.717, 1.165) is 4.90 Å². The fraction of sp³-hybridized carbons (Fsp3) is 0.500. The molecule has 5 heteroatoms. The average Bonchev–Trinajstić information content (AvgIpc) is 2.35. The average molecular weight is 256 g/mol. The molecule has 0 unspecified atom stereocenters. The zero-order chi connectivity index (χ0) is 12.4. The number of aliphatic hydroxyl groups excluding tert-OH is 3. The minimum absolute atomic E-state index is 0.491. The number of rotatable bonds is 2. The van der Waals surface area contributed by atoms with Crippen molar-refractivity contribution in [2.45, 2.75) is 41.7 Å². The molecule has 94 valence electrons. The second-order valence-electron chi connectivity index (χ2n) is 4.11. The molecule has 1 saturated heterocycles. The van der Waals surface area contributed by atoms with Crippen LogP contribution < -0.4 is 0 Å². The molecular formula is C12H16O4S. The van der Waals surface area contributed by atoms with Gasteiger partial charge in [-0.15, -0.1) is 0 Å². The topological polar surface area (TPSA) is 69.9 Å². The smallest absolute Gasteiger partial charge is 0.136 e. The van der Waals surface area contributed by atoms with Gasteiger partial charge in [0.2, 0.25) is 0 Å². The van der Waals surface area contributed by atoms with Crippen LogP contribution in [-0.2, 0) is 4.74 Å². The summed E-state index contributed by atoms with van der Waals surface area (Å²) in [7, 11) is 0. The van der Waals surface area contributed by atoms with Gasteiger partial charge in [0.25, 0.3) is 0 Å². The number of hydrogen-bond acceptors (Lipinski definition) is 5. The quantitative estimate of drug-likeness (QED) is 0.723. The third-order valence-electron chi connectivity index (χ3n) is 2.80. The lowest BCUT2D eigenvalue weighted by Gasteiger charge is -2.38. The number of hydrogen-bond donors (Lipinski definition) is 3. The summed E-state index contributed by atoms with van der Waals surface area (Å²) in [6, 6.07) is 9.51. The van der Waals surface area contributed by atoms with Crippen LogP contribution in [0.2, 0.25) is 0 Å². The van der Waals surface area contributed by atoms with Gasteiger partial charge in [-0.25, -0.2) is 0 Å². The minimum atomic E-state index is -1.17. The lowest BCUT2D eigenvalue weighted by molar-refractivity contribution is -0.192. The van der Waals surface area contributed by atoms with Crippen molar-refractivity contribution in [3.63, 3.8) is 0 Å². The van der Waals surface area contributed by atoms with E-state index in [0.29, 0.717) is 0 Å². The molecule has 1 aromatic rings. The summed E-state index contributed by atoms with van der Waals surface area (Å²) in [4.78, 5) is 0.951. The Bertz CT molecular complexity index is 359. The van der Waals surface area contributed by atoms with Gasteiger partial charge in [-0.05, 0) is 19.1 Å². The van der Waals surface area contributed by atoms with Gasteiger partial charge >= 0.3 is 0 Å². The summed E-state index contributed by atoms with van der Waals surface area (Å²) in [6.45, 7) is 1.68. The van der Waals surface area contributed by atoms with Gasteiger partial charge in [0.15, 0.2) is 0 Å². The maximum Gasteiger partial charge on any atom is 0.136 e. The van der Waals surface area contributed by atoms with Crippen LogP contribution in [0.15, 0.2) is 35.2 Å². The van der Waals surface area contributed by atoms with E-state index in [9.17, 15) is 15.3 Å². The van der Waals surface area contributed by atoms with E-state index in [2.05, 4.69) is 0 Å². The molecule has 0 amide bonds. The largest absolute Gasteiger partial charge is 0.388 e. The number of benzene rings is 1. The normalized spacial score (nSPS) is 38.0. The van der Waals surface area contributed by atoms with Crippen LogP contribution in [0.1, 0.15) is 6.92 Å². The summed E-state index contributed by atoms with van der Waals surface area (Å²) in [5.74, 6) is 0. The summed E-state index contributed by atoms with van der Waals surface area (Å²) in [5.41, 5.74) is -0.564. The molecule has 1 aromatic carbocycles. The molecule has 0 saturated carbocycles. The molecule has 0 aromatic heterocycles. The highest BCUT2D eigenvalue weighted by Gasteiger charge is 2.42. The molecule has 0 spiro atoms. The van der Waals surface area contributed by atoms with Crippen LogP contribution in [0.4, 0.5) is 0 Å². The maximum atomic E-state index is 9.83. The molecule has 0 aliphatic carbocycles. The van der Waals surface area contributed by atoms with Crippen molar-refractivity contribution >= 4 is 11.8 Å². The summed E-state index contributed by atoms with van der Waals surface area (Å²) >= 11 is 1.34. The van der Waals surface area contributed by atoms with Crippen LogP contribution in [0.25, 0.3) is 0 Å². The third-order valence-corrected chi connectivity index (χ3v) is 3.97. The number of aliphatic hydroxyl groups is 3. The fourth-order valence-electron chi connectivity index (χ4n) is 1.74. The van der Waals surface area contributed by atoms with Crippen molar-refractivity contribution in [2.24, 2.45) is 0 Å². The molecular weight excluding hydrogens is 240 g/mol. The summed E-state index contributed by atoms with van der Waals surface area (Å²) in [5, 5.41) is 29.1. The maximum absolute atomic E-state index is 9.83. The number of ether oxygens (including phenoxy) is 1. The van der Waals surface area contributed by atoms with Gasteiger partial charge in [-0.1, -0.05) is 30.0 Å². The van der Waals surface area contributed by atoms with Crippen LogP contribution in [-0.4, -0.2) is 45.2 Å². The second-order valence-corrected chi connectivity index (χ2v) is 5.28. The van der Waals surface area contributed by atoms with E-state index in [4.69, 9.17) is 4.74 Å². The van der Waals surface area contributed by atoms with Crippen molar-refractivity contribution in [3.05, 3.63) is 30.3 Å². The number of thioether (sulfide) groups is 1. The highest BCUT2D eigenvalue weighted by atomic mass is 32.2. The Morgan fingerprint density at radius 1 is 1.00 bits per heavy atom. The van der Waals surface area contributed by atoms with Gasteiger partial charge in [0, 0.05) is 4.90 Å². The highest BCUT2D eigenvalue weighted by molar-refractivity contribution is 7.99. The highest BCUT2D eigenvalue weighted by Crippen LogP contribution is 2.32. The Kier molecular flexibility index (Phi) is 4.06. The van der Waals surface area contributed by atoms with Crippen molar-refractivity contribution in [1.82, 2.24) is 0 Å². The molecule has 2 rings (SSSR count). The molecule has 5 atom stereocenters.